The number of aliphatic hydroxyl groups excluding tert-OH is 1. The minimum atomic E-state index is -0.647. The molecule has 29 heavy (non-hydrogen) atoms. The lowest BCUT2D eigenvalue weighted by Gasteiger charge is -2.27. The van der Waals surface area contributed by atoms with Crippen LogP contribution < -0.4 is 0 Å². The Morgan fingerprint density at radius 3 is 2.72 bits per heavy atom. The first kappa shape index (κ1) is 21.2. The molecule has 2 atom stereocenters. The van der Waals surface area contributed by atoms with Crippen molar-refractivity contribution in [3.05, 3.63) is 84.2 Å². The Balaban J connectivity index is 1.60. The Hall–Kier alpha value is -2.54. The van der Waals surface area contributed by atoms with Crippen LogP contribution >= 0.6 is 0 Å². The number of hydrogen-bond acceptors (Lipinski definition) is 5. The highest BCUT2D eigenvalue weighted by Gasteiger charge is 2.25. The first-order valence-corrected chi connectivity index (χ1v) is 9.75. The molecule has 2 aromatic carbocycles. The highest BCUT2D eigenvalue weighted by molar-refractivity contribution is 6.01. The van der Waals surface area contributed by atoms with Gasteiger partial charge in [-0.2, -0.15) is 0 Å². The van der Waals surface area contributed by atoms with Crippen molar-refractivity contribution in [2.24, 2.45) is 5.16 Å². The fourth-order valence-corrected chi connectivity index (χ4v) is 3.31. The van der Waals surface area contributed by atoms with E-state index in [4.69, 9.17) is 9.57 Å². The van der Waals surface area contributed by atoms with Crippen LogP contribution in [-0.4, -0.2) is 54.2 Å². The highest BCUT2D eigenvalue weighted by Crippen LogP contribution is 2.19. The van der Waals surface area contributed by atoms with Crippen LogP contribution in [0.5, 0.6) is 0 Å². The summed E-state index contributed by atoms with van der Waals surface area (Å²) in [5.74, 6) is -0.266. The SMILES string of the molecule is C=CCOC[C@H](O)CN(Cc1ccc(F)cc1)C[C@H]1CC(c2ccccc2)=NO1. The zero-order valence-electron chi connectivity index (χ0n) is 16.4. The molecule has 1 aliphatic heterocycles. The summed E-state index contributed by atoms with van der Waals surface area (Å²) in [5.41, 5.74) is 2.94. The predicted octanol–water partition coefficient (Wildman–Crippen LogP) is 3.38. The molecule has 0 unspecified atom stereocenters. The van der Waals surface area contributed by atoms with E-state index >= 15 is 0 Å². The van der Waals surface area contributed by atoms with E-state index in [9.17, 15) is 9.50 Å². The fourth-order valence-electron chi connectivity index (χ4n) is 3.31. The smallest absolute Gasteiger partial charge is 0.145 e. The maximum Gasteiger partial charge on any atom is 0.145 e. The van der Waals surface area contributed by atoms with Crippen molar-refractivity contribution in [3.8, 4) is 0 Å². The van der Waals surface area contributed by atoms with Crippen molar-refractivity contribution in [3.63, 3.8) is 0 Å². The number of benzene rings is 2. The van der Waals surface area contributed by atoms with E-state index in [2.05, 4.69) is 16.6 Å². The summed E-state index contributed by atoms with van der Waals surface area (Å²) >= 11 is 0. The number of rotatable bonds is 11. The quantitative estimate of drug-likeness (QED) is 0.466. The molecule has 1 N–H and O–H groups in total. The Kier molecular flexibility index (Phi) is 7.93. The minimum Gasteiger partial charge on any atom is -0.390 e. The summed E-state index contributed by atoms with van der Waals surface area (Å²) in [6.07, 6.45) is 1.60. The predicted molar refractivity (Wildman–Crippen MR) is 111 cm³/mol. The maximum atomic E-state index is 13.2. The molecule has 0 aromatic heterocycles. The average Bonchev–Trinajstić information content (AvgIpc) is 3.19. The van der Waals surface area contributed by atoms with Crippen LogP contribution in [0.3, 0.4) is 0 Å². The molecule has 6 heteroatoms. The van der Waals surface area contributed by atoms with E-state index in [-0.39, 0.29) is 18.5 Å². The Bertz CT molecular complexity index is 796. The van der Waals surface area contributed by atoms with Gasteiger partial charge in [-0.05, 0) is 23.3 Å². The Labute approximate surface area is 171 Å². The van der Waals surface area contributed by atoms with Crippen molar-refractivity contribution in [1.29, 1.82) is 0 Å². The molecule has 0 fully saturated rings. The van der Waals surface area contributed by atoms with Gasteiger partial charge in [0.05, 0.1) is 25.0 Å². The van der Waals surface area contributed by atoms with Gasteiger partial charge >= 0.3 is 0 Å². The Morgan fingerprint density at radius 1 is 1.24 bits per heavy atom. The van der Waals surface area contributed by atoms with E-state index in [1.165, 1.54) is 12.1 Å². The molecular weight excluding hydrogens is 371 g/mol. The molecule has 0 spiro atoms. The average molecular weight is 398 g/mol. The summed E-state index contributed by atoms with van der Waals surface area (Å²) in [6, 6.07) is 16.4. The van der Waals surface area contributed by atoms with Gasteiger partial charge < -0.3 is 14.7 Å². The van der Waals surface area contributed by atoms with E-state index in [1.807, 2.05) is 30.3 Å². The van der Waals surface area contributed by atoms with Crippen LogP contribution in [0, 0.1) is 5.82 Å². The molecule has 0 saturated carbocycles. The molecular formula is C23H27FN2O3. The fraction of sp³-hybridized carbons (Fsp3) is 0.348. The van der Waals surface area contributed by atoms with Crippen molar-refractivity contribution in [2.75, 3.05) is 26.3 Å². The summed E-state index contributed by atoms with van der Waals surface area (Å²) in [6.45, 7) is 5.80. The van der Waals surface area contributed by atoms with Gasteiger partial charge in [-0.25, -0.2) is 4.39 Å². The molecule has 0 aliphatic carbocycles. The zero-order valence-corrected chi connectivity index (χ0v) is 16.4. The van der Waals surface area contributed by atoms with Gasteiger partial charge in [-0.1, -0.05) is 53.7 Å². The van der Waals surface area contributed by atoms with Crippen molar-refractivity contribution >= 4 is 5.71 Å². The molecule has 0 bridgehead atoms. The Morgan fingerprint density at radius 2 is 2.00 bits per heavy atom. The van der Waals surface area contributed by atoms with Gasteiger partial charge in [0.15, 0.2) is 0 Å². The van der Waals surface area contributed by atoms with Gasteiger partial charge in [0.1, 0.15) is 11.9 Å². The first-order valence-electron chi connectivity index (χ1n) is 9.75. The summed E-state index contributed by atoms with van der Waals surface area (Å²) < 4.78 is 18.6. The van der Waals surface area contributed by atoms with Gasteiger partial charge in [0, 0.05) is 26.1 Å². The molecule has 1 aliphatic rings. The van der Waals surface area contributed by atoms with Gasteiger partial charge in [-0.15, -0.1) is 6.58 Å². The van der Waals surface area contributed by atoms with Crippen LogP contribution in [0.4, 0.5) is 4.39 Å². The lowest BCUT2D eigenvalue weighted by molar-refractivity contribution is 0.00335. The number of aliphatic hydroxyl groups is 1. The molecule has 0 radical (unpaired) electrons. The molecule has 3 rings (SSSR count). The van der Waals surface area contributed by atoms with Crippen LogP contribution in [-0.2, 0) is 16.1 Å². The third-order valence-electron chi connectivity index (χ3n) is 4.64. The van der Waals surface area contributed by atoms with Crippen LogP contribution in [0.25, 0.3) is 0 Å². The van der Waals surface area contributed by atoms with Crippen molar-refractivity contribution < 1.29 is 19.1 Å². The first-order chi connectivity index (χ1) is 14.1. The number of halogens is 1. The topological polar surface area (TPSA) is 54.3 Å². The minimum absolute atomic E-state index is 0.105. The maximum absolute atomic E-state index is 13.2. The molecule has 0 saturated heterocycles. The molecule has 2 aromatic rings. The van der Waals surface area contributed by atoms with E-state index < -0.39 is 6.10 Å². The molecule has 5 nitrogen and oxygen atoms in total. The standard InChI is InChI=1S/C23H27FN2O3/c1-2-12-28-17-21(27)15-26(14-18-8-10-20(24)11-9-18)16-22-13-23(25-29-22)19-6-4-3-5-7-19/h2-11,21-22,27H,1,12-17H2/t21-,22-/m1/s1. The number of nitrogens with zero attached hydrogens (tertiary/aromatic N) is 2. The number of ether oxygens (including phenoxy) is 1. The second kappa shape index (κ2) is 10.9. The number of oxime groups is 1. The lowest BCUT2D eigenvalue weighted by Crippen LogP contribution is -2.39. The molecule has 154 valence electrons. The summed E-state index contributed by atoms with van der Waals surface area (Å²) in [4.78, 5) is 7.73. The van der Waals surface area contributed by atoms with Gasteiger partial charge in [-0.3, -0.25) is 4.90 Å². The van der Waals surface area contributed by atoms with Crippen molar-refractivity contribution in [1.82, 2.24) is 4.90 Å². The lowest BCUT2D eigenvalue weighted by atomic mass is 10.0. The second-order valence-electron chi connectivity index (χ2n) is 7.14. The largest absolute Gasteiger partial charge is 0.390 e. The van der Waals surface area contributed by atoms with E-state index in [1.54, 1.807) is 18.2 Å². The second-order valence-corrected chi connectivity index (χ2v) is 7.14. The highest BCUT2D eigenvalue weighted by atomic mass is 19.1. The monoisotopic (exact) mass is 398 g/mol. The third-order valence-corrected chi connectivity index (χ3v) is 4.64. The summed E-state index contributed by atoms with van der Waals surface area (Å²) in [7, 11) is 0. The normalized spacial score (nSPS) is 17.1. The number of hydrogen-bond donors (Lipinski definition) is 1. The van der Waals surface area contributed by atoms with E-state index in [0.29, 0.717) is 32.7 Å². The zero-order chi connectivity index (χ0) is 20.5. The molecule has 0 amide bonds. The van der Waals surface area contributed by atoms with Crippen LogP contribution in [0.15, 0.2) is 72.4 Å². The summed E-state index contributed by atoms with van der Waals surface area (Å²) in [5, 5.41) is 14.6. The van der Waals surface area contributed by atoms with Gasteiger partial charge in [0.2, 0.25) is 0 Å². The van der Waals surface area contributed by atoms with Crippen LogP contribution in [0.2, 0.25) is 0 Å². The van der Waals surface area contributed by atoms with Gasteiger partial charge in [0.25, 0.3) is 0 Å². The van der Waals surface area contributed by atoms with E-state index in [0.717, 1.165) is 16.8 Å². The molecule has 1 heterocycles. The van der Waals surface area contributed by atoms with Crippen LogP contribution in [0.1, 0.15) is 17.5 Å². The van der Waals surface area contributed by atoms with Crippen molar-refractivity contribution in [2.45, 2.75) is 25.2 Å². The third kappa shape index (κ3) is 6.78.